The van der Waals surface area contributed by atoms with E-state index in [4.69, 9.17) is 0 Å². The highest BCUT2D eigenvalue weighted by molar-refractivity contribution is 9.12. The molecule has 1 aliphatic carbocycles. The summed E-state index contributed by atoms with van der Waals surface area (Å²) in [4.78, 5) is 30.4. The highest BCUT2D eigenvalue weighted by Crippen LogP contribution is 2.33. The second-order valence-corrected chi connectivity index (χ2v) is 4.95. The quantitative estimate of drug-likeness (QED) is 0.739. The van der Waals surface area contributed by atoms with Crippen molar-refractivity contribution in [3.8, 4) is 0 Å². The number of pyridine rings is 1. The summed E-state index contributed by atoms with van der Waals surface area (Å²) in [7, 11) is 0. The second kappa shape index (κ2) is 3.50. The van der Waals surface area contributed by atoms with Crippen molar-refractivity contribution in [3.05, 3.63) is 39.3 Å². The minimum absolute atomic E-state index is 0.158. The molecule has 2 aliphatic rings. The Kier molecular flexibility index (Phi) is 2.19. The van der Waals surface area contributed by atoms with E-state index in [2.05, 4.69) is 20.9 Å². The molecule has 0 saturated carbocycles. The summed E-state index contributed by atoms with van der Waals surface area (Å²) in [5.74, 6) is -0.318. The van der Waals surface area contributed by atoms with Gasteiger partial charge in [0.25, 0.3) is 0 Å². The van der Waals surface area contributed by atoms with E-state index in [0.717, 1.165) is 18.8 Å². The van der Waals surface area contributed by atoms with Gasteiger partial charge >= 0.3 is 0 Å². The van der Waals surface area contributed by atoms with Crippen LogP contribution >= 0.6 is 15.9 Å². The minimum Gasteiger partial charge on any atom is -0.364 e. The number of carbonyl (C=O) groups excluding carboxylic acids is 2. The molecule has 0 radical (unpaired) electrons. The van der Waals surface area contributed by atoms with E-state index >= 15 is 0 Å². The molecule has 0 N–H and O–H groups in total. The van der Waals surface area contributed by atoms with Crippen LogP contribution in [0.1, 0.15) is 26.5 Å². The van der Waals surface area contributed by atoms with Crippen LogP contribution in [0.3, 0.4) is 0 Å². The number of allylic oxidation sites excluding steroid dienone is 2. The maximum Gasteiger partial charge on any atom is 0.229 e. The third-order valence-electron chi connectivity index (χ3n) is 2.88. The van der Waals surface area contributed by atoms with Crippen LogP contribution in [0.2, 0.25) is 0 Å². The van der Waals surface area contributed by atoms with E-state index in [1.807, 2.05) is 11.8 Å². The molecule has 0 bridgehead atoms. The molecular formula is C12H9BrN2O2. The predicted molar refractivity (Wildman–Crippen MR) is 65.2 cm³/mol. The van der Waals surface area contributed by atoms with Crippen molar-refractivity contribution in [2.75, 3.05) is 13.1 Å². The van der Waals surface area contributed by atoms with Crippen LogP contribution < -0.4 is 0 Å². The Morgan fingerprint density at radius 1 is 1.24 bits per heavy atom. The van der Waals surface area contributed by atoms with Gasteiger partial charge in [-0.2, -0.15) is 0 Å². The van der Waals surface area contributed by atoms with Crippen molar-refractivity contribution in [2.45, 2.75) is 6.92 Å². The Hall–Kier alpha value is -1.49. The predicted octanol–water partition coefficient (Wildman–Crippen LogP) is 1.69. The topological polar surface area (TPSA) is 50.0 Å². The standard InChI is InChI=1S/C12H9BrN2O2/c1-6-2-3-7-9(14-6)12(17)10(15-4-5-15)8(13)11(7)16/h2-3H,4-5H2,1H3. The SMILES string of the molecule is Cc1ccc2c(n1)C(=O)C(N1CC1)=C(Br)C2=O. The number of aromatic nitrogens is 1. The number of hydrogen-bond acceptors (Lipinski definition) is 4. The van der Waals surface area contributed by atoms with Gasteiger partial charge in [0.15, 0.2) is 0 Å². The Morgan fingerprint density at radius 2 is 1.94 bits per heavy atom. The van der Waals surface area contributed by atoms with E-state index < -0.39 is 0 Å². The lowest BCUT2D eigenvalue weighted by atomic mass is 9.97. The maximum absolute atomic E-state index is 12.3. The number of halogens is 1. The molecule has 1 fully saturated rings. The van der Waals surface area contributed by atoms with Crippen molar-refractivity contribution in [2.24, 2.45) is 0 Å². The number of nitrogens with zero attached hydrogens (tertiary/aromatic N) is 2. The number of aryl methyl sites for hydroxylation is 1. The Labute approximate surface area is 106 Å². The van der Waals surface area contributed by atoms with Gasteiger partial charge in [-0.1, -0.05) is 0 Å². The number of rotatable bonds is 1. The molecule has 0 atom stereocenters. The van der Waals surface area contributed by atoms with Crippen LogP contribution in [0.15, 0.2) is 22.3 Å². The van der Waals surface area contributed by atoms with Crippen LogP contribution in [-0.2, 0) is 0 Å². The minimum atomic E-state index is -0.160. The molecule has 1 saturated heterocycles. The van der Waals surface area contributed by atoms with Gasteiger partial charge in [-0.15, -0.1) is 0 Å². The first-order chi connectivity index (χ1) is 8.09. The lowest BCUT2D eigenvalue weighted by Gasteiger charge is -2.18. The van der Waals surface area contributed by atoms with Gasteiger partial charge < -0.3 is 4.90 Å². The van der Waals surface area contributed by atoms with Crippen molar-refractivity contribution in [1.82, 2.24) is 9.88 Å². The smallest absolute Gasteiger partial charge is 0.229 e. The third-order valence-corrected chi connectivity index (χ3v) is 3.62. The van der Waals surface area contributed by atoms with Gasteiger partial charge in [-0.05, 0) is 35.0 Å². The zero-order chi connectivity index (χ0) is 12.2. The maximum atomic E-state index is 12.3. The van der Waals surface area contributed by atoms with Gasteiger partial charge in [0.2, 0.25) is 11.6 Å². The summed E-state index contributed by atoms with van der Waals surface area (Å²) in [5.41, 5.74) is 1.87. The molecule has 86 valence electrons. The van der Waals surface area contributed by atoms with Crippen molar-refractivity contribution >= 4 is 27.5 Å². The van der Waals surface area contributed by atoms with E-state index in [9.17, 15) is 9.59 Å². The number of Topliss-reactive ketones (excluding diaryl/α,β-unsaturated/α-hetero) is 2. The van der Waals surface area contributed by atoms with E-state index in [1.54, 1.807) is 12.1 Å². The van der Waals surface area contributed by atoms with Crippen LogP contribution in [0.25, 0.3) is 0 Å². The number of hydrogen-bond donors (Lipinski definition) is 0. The normalized spacial score (nSPS) is 18.6. The fourth-order valence-corrected chi connectivity index (χ4v) is 2.55. The molecule has 1 aliphatic heterocycles. The zero-order valence-corrected chi connectivity index (χ0v) is 10.7. The Morgan fingerprint density at radius 3 is 2.59 bits per heavy atom. The van der Waals surface area contributed by atoms with Crippen LogP contribution in [0.4, 0.5) is 0 Å². The van der Waals surface area contributed by atoms with Crippen LogP contribution in [-0.4, -0.2) is 34.5 Å². The molecule has 0 amide bonds. The van der Waals surface area contributed by atoms with Crippen molar-refractivity contribution in [1.29, 1.82) is 0 Å². The molecule has 1 aromatic heterocycles. The first-order valence-corrected chi connectivity index (χ1v) is 6.10. The summed E-state index contributed by atoms with van der Waals surface area (Å²) >= 11 is 3.23. The molecule has 0 spiro atoms. The fraction of sp³-hybridized carbons (Fsp3) is 0.250. The average molecular weight is 293 g/mol. The van der Waals surface area contributed by atoms with E-state index in [1.165, 1.54) is 0 Å². The summed E-state index contributed by atoms with van der Waals surface area (Å²) in [6, 6.07) is 3.41. The number of fused-ring (bicyclic) bond motifs is 1. The summed E-state index contributed by atoms with van der Waals surface area (Å²) in [6.45, 7) is 3.46. The molecule has 0 unspecified atom stereocenters. The molecule has 3 rings (SSSR count). The summed E-state index contributed by atoms with van der Waals surface area (Å²) < 4.78 is 0.359. The first kappa shape index (κ1) is 10.7. The Bertz CT molecular complexity index is 588. The van der Waals surface area contributed by atoms with Crippen LogP contribution in [0.5, 0.6) is 0 Å². The monoisotopic (exact) mass is 292 g/mol. The lowest BCUT2D eigenvalue weighted by Crippen LogP contribution is -2.25. The molecule has 2 heterocycles. The second-order valence-electron chi connectivity index (χ2n) is 4.16. The van der Waals surface area contributed by atoms with Gasteiger partial charge in [0.1, 0.15) is 11.4 Å². The molecular weight excluding hydrogens is 284 g/mol. The highest BCUT2D eigenvalue weighted by atomic mass is 79.9. The zero-order valence-electron chi connectivity index (χ0n) is 9.16. The van der Waals surface area contributed by atoms with E-state index in [-0.39, 0.29) is 17.3 Å². The van der Waals surface area contributed by atoms with Gasteiger partial charge in [0, 0.05) is 18.8 Å². The first-order valence-electron chi connectivity index (χ1n) is 5.31. The molecule has 4 nitrogen and oxygen atoms in total. The van der Waals surface area contributed by atoms with Gasteiger partial charge in [0.05, 0.1) is 10.0 Å². The lowest BCUT2D eigenvalue weighted by molar-refractivity contribution is 0.0963. The summed E-state index contributed by atoms with van der Waals surface area (Å²) in [5, 5.41) is 0. The Balaban J connectivity index is 2.21. The molecule has 1 aromatic rings. The van der Waals surface area contributed by atoms with Crippen molar-refractivity contribution < 1.29 is 9.59 Å². The molecule has 17 heavy (non-hydrogen) atoms. The molecule has 0 aromatic carbocycles. The number of ketones is 2. The fourth-order valence-electron chi connectivity index (χ4n) is 1.91. The van der Waals surface area contributed by atoms with Gasteiger partial charge in [-0.3, -0.25) is 9.59 Å². The third kappa shape index (κ3) is 1.53. The van der Waals surface area contributed by atoms with Crippen LogP contribution in [0, 0.1) is 6.92 Å². The van der Waals surface area contributed by atoms with Crippen molar-refractivity contribution in [3.63, 3.8) is 0 Å². The highest BCUT2D eigenvalue weighted by Gasteiger charge is 2.38. The number of carbonyl (C=O) groups is 2. The van der Waals surface area contributed by atoms with Gasteiger partial charge in [-0.25, -0.2) is 4.98 Å². The summed E-state index contributed by atoms with van der Waals surface area (Å²) in [6.07, 6.45) is 0. The molecule has 5 heteroatoms. The average Bonchev–Trinajstić information content (AvgIpc) is 3.11. The van der Waals surface area contributed by atoms with E-state index in [0.29, 0.717) is 15.7 Å². The largest absolute Gasteiger partial charge is 0.364 e.